The summed E-state index contributed by atoms with van der Waals surface area (Å²) >= 11 is 1.41. The number of nitrogens with one attached hydrogen (secondary N) is 1. The minimum atomic E-state index is -1.50. The van der Waals surface area contributed by atoms with E-state index in [2.05, 4.69) is 24.4 Å². The van der Waals surface area contributed by atoms with E-state index < -0.39 is 40.8 Å². The lowest BCUT2D eigenvalue weighted by Gasteiger charge is -2.50. The summed E-state index contributed by atoms with van der Waals surface area (Å²) in [4.78, 5) is 57.0. The number of hydrogen-bond acceptors (Lipinski definition) is 8. The first kappa shape index (κ1) is 27.3. The number of fused-ring (bicyclic) bond motifs is 1. The molecule has 13 heteroatoms. The van der Waals surface area contributed by atoms with E-state index in [0.29, 0.717) is 24.6 Å². The quantitative estimate of drug-likeness (QED) is 0.176. The molecule has 0 unspecified atom stereocenters. The number of likely N-dealkylation sites (N-methyl/N-ethyl adjacent to an activating group) is 1. The van der Waals surface area contributed by atoms with E-state index in [4.69, 9.17) is 9.25 Å². The highest BCUT2D eigenvalue weighted by molar-refractivity contribution is 8.00. The smallest absolute Gasteiger partial charge is 0.352 e. The van der Waals surface area contributed by atoms with Crippen LogP contribution >= 0.6 is 11.8 Å². The predicted molar refractivity (Wildman–Crippen MR) is 139 cm³/mol. The van der Waals surface area contributed by atoms with Gasteiger partial charge in [-0.25, -0.2) is 9.59 Å². The molecule has 1 aromatic rings. The molecule has 3 fully saturated rings. The Morgan fingerprint density at radius 2 is 2.00 bits per heavy atom. The number of carboxylic acid groups (broad SMARTS) is 2. The Kier molecular flexibility index (Phi) is 7.23. The molecule has 4 heterocycles. The molecule has 3 N–H and O–H groups in total. The zero-order chi connectivity index (χ0) is 27.9. The van der Waals surface area contributed by atoms with Crippen LogP contribution in [0.3, 0.4) is 0 Å². The molecule has 0 bridgehead atoms. The maximum Gasteiger partial charge on any atom is 0.352 e. The van der Waals surface area contributed by atoms with Gasteiger partial charge in [0.05, 0.1) is 26.4 Å². The lowest BCUT2D eigenvalue weighted by atomic mass is 9.80. The molecule has 210 valence electrons. The Morgan fingerprint density at radius 1 is 1.28 bits per heavy atom. The second-order valence-electron chi connectivity index (χ2n) is 11.2. The molecule has 0 radical (unpaired) electrons. The lowest BCUT2D eigenvalue weighted by molar-refractivity contribution is -0.910. The number of carbonyl (C=O) groups is 4. The molecular formula is C26H33N4O8S+. The predicted octanol–water partition coefficient (Wildman–Crippen LogP) is 1.62. The maximum absolute atomic E-state index is 13.2. The number of carboxylic acids is 2. The van der Waals surface area contributed by atoms with Crippen LogP contribution in [-0.4, -0.2) is 98.5 Å². The van der Waals surface area contributed by atoms with Crippen molar-refractivity contribution in [3.8, 4) is 0 Å². The third kappa shape index (κ3) is 5.05. The van der Waals surface area contributed by atoms with Crippen molar-refractivity contribution in [2.45, 2.75) is 56.0 Å². The molecular weight excluding hydrogens is 528 g/mol. The number of oxime groups is 1. The molecule has 1 aliphatic carbocycles. The second kappa shape index (κ2) is 10.3. The van der Waals surface area contributed by atoms with Gasteiger partial charge in [0.15, 0.2) is 5.76 Å². The highest BCUT2D eigenvalue weighted by atomic mass is 32.2. The summed E-state index contributed by atoms with van der Waals surface area (Å²) in [5.41, 5.74) is -1.07. The van der Waals surface area contributed by atoms with Crippen molar-refractivity contribution in [3.63, 3.8) is 0 Å². The van der Waals surface area contributed by atoms with Gasteiger partial charge < -0.3 is 29.3 Å². The van der Waals surface area contributed by atoms with Gasteiger partial charge in [-0.3, -0.25) is 14.5 Å². The van der Waals surface area contributed by atoms with Gasteiger partial charge in [-0.05, 0) is 37.3 Å². The summed E-state index contributed by atoms with van der Waals surface area (Å²) in [6, 6.07) is 2.04. The van der Waals surface area contributed by atoms with Crippen LogP contribution in [0.2, 0.25) is 0 Å². The molecule has 39 heavy (non-hydrogen) atoms. The summed E-state index contributed by atoms with van der Waals surface area (Å²) in [7, 11) is 2.13. The molecule has 2 saturated heterocycles. The molecule has 1 saturated carbocycles. The van der Waals surface area contributed by atoms with E-state index in [0.717, 1.165) is 36.0 Å². The van der Waals surface area contributed by atoms with Crippen LogP contribution in [-0.2, 0) is 24.0 Å². The zero-order valence-corrected chi connectivity index (χ0v) is 22.7. The minimum absolute atomic E-state index is 0.00358. The number of carbonyl (C=O) groups excluding carboxylic acids is 2. The summed E-state index contributed by atoms with van der Waals surface area (Å²) in [5, 5.41) is 25.5. The van der Waals surface area contributed by atoms with E-state index in [9.17, 15) is 29.4 Å². The first-order valence-corrected chi connectivity index (χ1v) is 14.2. The number of rotatable bonds is 9. The lowest BCUT2D eigenvalue weighted by Crippen LogP contribution is -2.71. The van der Waals surface area contributed by atoms with Crippen LogP contribution in [0, 0.1) is 5.92 Å². The Hall–Kier alpha value is -3.32. The third-order valence-electron chi connectivity index (χ3n) is 8.26. The number of quaternary nitrogens is 1. The van der Waals surface area contributed by atoms with Crippen molar-refractivity contribution < 1.29 is 43.1 Å². The Morgan fingerprint density at radius 3 is 2.56 bits per heavy atom. The molecule has 2 atom stereocenters. The Labute approximate surface area is 229 Å². The number of furan rings is 1. The molecule has 2 amide bonds. The number of β-lactam (4-membered cyclic amide) rings is 1. The van der Waals surface area contributed by atoms with Crippen molar-refractivity contribution in [1.29, 1.82) is 0 Å². The number of amides is 2. The summed E-state index contributed by atoms with van der Waals surface area (Å²) in [6.07, 6.45) is 4.67. The van der Waals surface area contributed by atoms with Crippen LogP contribution in [0.1, 0.15) is 44.8 Å². The fourth-order valence-electron chi connectivity index (χ4n) is 5.54. The normalized spacial score (nSPS) is 30.1. The highest BCUT2D eigenvalue weighted by Crippen LogP contribution is 2.41. The van der Waals surface area contributed by atoms with E-state index in [1.165, 1.54) is 29.0 Å². The number of hydrogen-bond donors (Lipinski definition) is 3. The molecule has 12 nitrogen and oxygen atoms in total. The van der Waals surface area contributed by atoms with Gasteiger partial charge in [0.1, 0.15) is 23.7 Å². The average Bonchev–Trinajstić information content (AvgIpc) is 3.40. The SMILES string of the molecule is CC1CC[N+](C)(CC2=C(C(=O)O)N3C(=O)[C@@H](NC(=O)C(=NOC4(C(=O)O)CCC4)c4ccco4)[C@H]3SC2)CC1. The minimum Gasteiger partial charge on any atom is -0.478 e. The number of aliphatic carboxylic acids is 2. The molecule has 0 spiro atoms. The van der Waals surface area contributed by atoms with Crippen molar-refractivity contribution in [2.75, 3.05) is 32.4 Å². The fraction of sp³-hybridized carbons (Fsp3) is 0.577. The largest absolute Gasteiger partial charge is 0.478 e. The summed E-state index contributed by atoms with van der Waals surface area (Å²) in [6.45, 7) is 4.70. The molecule has 1 aromatic heterocycles. The number of thioether (sulfide) groups is 1. The molecule has 0 aromatic carbocycles. The van der Waals surface area contributed by atoms with E-state index in [1.54, 1.807) is 6.07 Å². The van der Waals surface area contributed by atoms with Crippen LogP contribution < -0.4 is 5.32 Å². The van der Waals surface area contributed by atoms with E-state index >= 15 is 0 Å². The average molecular weight is 562 g/mol. The Balaban J connectivity index is 1.32. The van der Waals surface area contributed by atoms with Gasteiger partial charge >= 0.3 is 11.9 Å². The van der Waals surface area contributed by atoms with Gasteiger partial charge in [-0.1, -0.05) is 12.1 Å². The number of likely N-dealkylation sites (tertiary alicyclic amines) is 1. The van der Waals surface area contributed by atoms with Gasteiger partial charge in [-0.15, -0.1) is 11.8 Å². The molecule has 4 aliphatic rings. The van der Waals surface area contributed by atoms with Crippen LogP contribution in [0.25, 0.3) is 0 Å². The second-order valence-corrected chi connectivity index (χ2v) is 12.3. The van der Waals surface area contributed by atoms with Crippen molar-refractivity contribution in [2.24, 2.45) is 11.1 Å². The third-order valence-corrected chi connectivity index (χ3v) is 9.60. The van der Waals surface area contributed by atoms with Gasteiger partial charge in [0, 0.05) is 24.2 Å². The van der Waals surface area contributed by atoms with Crippen molar-refractivity contribution >= 4 is 41.2 Å². The van der Waals surface area contributed by atoms with Gasteiger partial charge in [-0.2, -0.15) is 0 Å². The first-order chi connectivity index (χ1) is 18.5. The zero-order valence-electron chi connectivity index (χ0n) is 21.9. The first-order valence-electron chi connectivity index (χ1n) is 13.1. The number of nitrogens with zero attached hydrogens (tertiary/aromatic N) is 3. The van der Waals surface area contributed by atoms with Crippen molar-refractivity contribution in [1.82, 2.24) is 10.2 Å². The summed E-state index contributed by atoms with van der Waals surface area (Å²) < 4.78 is 6.05. The standard InChI is InChI=1S/C26H32N4O8S/c1-15-6-10-30(2,11-7-15)13-16-14-39-23-19(22(32)29(23)20(16)24(33)34)27-21(31)18(17-5-3-12-37-17)28-38-26(25(35)36)8-4-9-26/h3,5,12,15,19,23H,4,6-11,13-14H2,1-2H3,(H2-,27,31,33,34,35,36)/p+1/t15?,19-,23-,30?/m1/s1. The summed E-state index contributed by atoms with van der Waals surface area (Å²) in [5.74, 6) is -2.49. The van der Waals surface area contributed by atoms with Gasteiger partial charge in [0.25, 0.3) is 11.8 Å². The maximum atomic E-state index is 13.2. The van der Waals surface area contributed by atoms with Crippen molar-refractivity contribution in [3.05, 3.63) is 35.4 Å². The van der Waals surface area contributed by atoms with Crippen LogP contribution in [0.15, 0.2) is 39.2 Å². The van der Waals surface area contributed by atoms with Crippen LogP contribution in [0.4, 0.5) is 0 Å². The van der Waals surface area contributed by atoms with Gasteiger partial charge in [0.2, 0.25) is 11.3 Å². The Bertz CT molecular complexity index is 1230. The van der Waals surface area contributed by atoms with Crippen LogP contribution in [0.5, 0.6) is 0 Å². The highest BCUT2D eigenvalue weighted by Gasteiger charge is 2.55. The molecule has 3 aliphatic heterocycles. The monoisotopic (exact) mass is 561 g/mol. The van der Waals surface area contributed by atoms with E-state index in [1.807, 2.05) is 0 Å². The topological polar surface area (TPSA) is 159 Å². The molecule has 5 rings (SSSR count). The van der Waals surface area contributed by atoms with E-state index in [-0.39, 0.29) is 30.0 Å². The fourth-order valence-corrected chi connectivity index (χ4v) is 6.88. The number of piperidine rings is 1.